The van der Waals surface area contributed by atoms with Crippen LogP contribution in [0.15, 0.2) is 24.3 Å². The van der Waals surface area contributed by atoms with Gasteiger partial charge in [0.25, 0.3) is 0 Å². The summed E-state index contributed by atoms with van der Waals surface area (Å²) in [7, 11) is 0. The molecule has 19 heavy (non-hydrogen) atoms. The number of hydrogen-bond donors (Lipinski definition) is 1. The largest absolute Gasteiger partial charge is 0.416 e. The third kappa shape index (κ3) is 3.92. The molecule has 0 unspecified atom stereocenters. The lowest BCUT2D eigenvalue weighted by molar-refractivity contribution is -0.138. The number of β-amino-alcohol motifs (C(OH)–C–C–N with tert-alkyl or cyclic N) is 1. The summed E-state index contributed by atoms with van der Waals surface area (Å²) in [5, 5.41) is 9.58. The molecular formula is C13H16F3NO2. The van der Waals surface area contributed by atoms with Crippen LogP contribution in [0.5, 0.6) is 0 Å². The zero-order valence-corrected chi connectivity index (χ0v) is 10.4. The number of aliphatic hydroxyl groups is 1. The first kappa shape index (κ1) is 14.3. The Balaban J connectivity index is 2.14. The van der Waals surface area contributed by atoms with Crippen molar-refractivity contribution < 1.29 is 23.0 Å². The highest BCUT2D eigenvalue weighted by molar-refractivity contribution is 5.29. The average Bonchev–Trinajstić information content (AvgIpc) is 2.53. The number of aliphatic hydroxyl groups excluding tert-OH is 1. The smallest absolute Gasteiger partial charge is 0.389 e. The van der Waals surface area contributed by atoms with Crippen LogP contribution in [-0.2, 0) is 17.5 Å². The van der Waals surface area contributed by atoms with Crippen LogP contribution in [0.3, 0.4) is 0 Å². The molecule has 0 radical (unpaired) electrons. The number of nitrogens with zero attached hydrogens (tertiary/aromatic N) is 1. The molecule has 0 amide bonds. The molecule has 1 saturated heterocycles. The summed E-state index contributed by atoms with van der Waals surface area (Å²) in [6.45, 7) is 1.66. The van der Waals surface area contributed by atoms with Crippen molar-refractivity contribution in [3.05, 3.63) is 35.4 Å². The average molecular weight is 275 g/mol. The molecule has 3 nitrogen and oxygen atoms in total. The Hall–Kier alpha value is -1.11. The lowest BCUT2D eigenvalue weighted by Crippen LogP contribution is -2.32. The molecule has 106 valence electrons. The first-order valence-electron chi connectivity index (χ1n) is 6.10. The van der Waals surface area contributed by atoms with Gasteiger partial charge in [-0.15, -0.1) is 0 Å². The van der Waals surface area contributed by atoms with Gasteiger partial charge in [-0.3, -0.25) is 4.90 Å². The summed E-state index contributed by atoms with van der Waals surface area (Å²) in [6, 6.07) is 5.53. The second kappa shape index (κ2) is 5.90. The zero-order chi connectivity index (χ0) is 13.9. The fourth-order valence-corrected chi connectivity index (χ4v) is 2.17. The van der Waals surface area contributed by atoms with E-state index in [9.17, 15) is 18.3 Å². The number of hydrogen-bond acceptors (Lipinski definition) is 3. The molecule has 6 heteroatoms. The maximum atomic E-state index is 12.9. The summed E-state index contributed by atoms with van der Waals surface area (Å²) in [5.41, 5.74) is -0.390. The normalized spacial score (nSPS) is 22.2. The maximum absolute atomic E-state index is 12.9. The number of rotatable bonds is 2. The van der Waals surface area contributed by atoms with Gasteiger partial charge in [0.05, 0.1) is 24.9 Å². The van der Waals surface area contributed by atoms with Crippen molar-refractivity contribution in [1.82, 2.24) is 4.90 Å². The summed E-state index contributed by atoms with van der Waals surface area (Å²) < 4.78 is 43.8. The minimum absolute atomic E-state index is 0.163. The number of benzene rings is 1. The van der Waals surface area contributed by atoms with E-state index < -0.39 is 17.8 Å². The lowest BCUT2D eigenvalue weighted by atomic mass is 10.1. The minimum Gasteiger partial charge on any atom is -0.389 e. The number of halogens is 3. The number of alkyl halides is 3. The van der Waals surface area contributed by atoms with Gasteiger partial charge in [-0.2, -0.15) is 13.2 Å². The van der Waals surface area contributed by atoms with Crippen LogP contribution in [0.1, 0.15) is 11.1 Å². The van der Waals surface area contributed by atoms with E-state index in [-0.39, 0.29) is 18.7 Å². The first-order chi connectivity index (χ1) is 8.97. The van der Waals surface area contributed by atoms with E-state index in [1.165, 1.54) is 12.1 Å². The molecule has 1 aliphatic rings. The van der Waals surface area contributed by atoms with Crippen LogP contribution in [0.4, 0.5) is 13.2 Å². The zero-order valence-electron chi connectivity index (χ0n) is 10.4. The third-order valence-electron chi connectivity index (χ3n) is 3.05. The molecule has 1 aliphatic heterocycles. The van der Waals surface area contributed by atoms with Gasteiger partial charge in [0, 0.05) is 19.6 Å². The van der Waals surface area contributed by atoms with E-state index in [2.05, 4.69) is 0 Å². The highest BCUT2D eigenvalue weighted by Crippen LogP contribution is 2.32. The summed E-state index contributed by atoms with van der Waals surface area (Å²) in [5.74, 6) is 0. The van der Waals surface area contributed by atoms with Crippen LogP contribution < -0.4 is 0 Å². The van der Waals surface area contributed by atoms with Gasteiger partial charge in [-0.1, -0.05) is 18.2 Å². The van der Waals surface area contributed by atoms with Gasteiger partial charge in [0.15, 0.2) is 0 Å². The SMILES string of the molecule is O[C@H]1COCCN(Cc2ccccc2C(F)(F)F)C1. The van der Waals surface area contributed by atoms with E-state index in [1.807, 2.05) is 0 Å². The van der Waals surface area contributed by atoms with Gasteiger partial charge in [-0.25, -0.2) is 0 Å². The standard InChI is InChI=1S/C13H16F3NO2/c14-13(15,16)12-4-2-1-3-10(12)7-17-5-6-19-9-11(18)8-17/h1-4,11,18H,5-9H2/t11-/m1/s1. The van der Waals surface area contributed by atoms with Crippen LogP contribution in [-0.4, -0.2) is 42.4 Å². The second-order valence-electron chi connectivity index (χ2n) is 4.62. The van der Waals surface area contributed by atoms with Crippen LogP contribution in [0, 0.1) is 0 Å². The summed E-state index contributed by atoms with van der Waals surface area (Å²) in [6.07, 6.45) is -5.00. The quantitative estimate of drug-likeness (QED) is 0.894. The van der Waals surface area contributed by atoms with Crippen molar-refractivity contribution in [2.75, 3.05) is 26.3 Å². The Morgan fingerprint density at radius 1 is 1.32 bits per heavy atom. The van der Waals surface area contributed by atoms with Crippen LogP contribution in [0.2, 0.25) is 0 Å². The second-order valence-corrected chi connectivity index (χ2v) is 4.62. The highest BCUT2D eigenvalue weighted by atomic mass is 19.4. The van der Waals surface area contributed by atoms with Crippen molar-refractivity contribution >= 4 is 0 Å². The molecule has 1 aromatic carbocycles. The number of ether oxygens (including phenoxy) is 1. The third-order valence-corrected chi connectivity index (χ3v) is 3.05. The molecule has 0 spiro atoms. The van der Waals surface area contributed by atoms with Crippen LogP contribution >= 0.6 is 0 Å². The van der Waals surface area contributed by atoms with Crippen LogP contribution in [0.25, 0.3) is 0 Å². The molecule has 0 aromatic heterocycles. The van der Waals surface area contributed by atoms with Crippen molar-refractivity contribution in [1.29, 1.82) is 0 Å². The van der Waals surface area contributed by atoms with Gasteiger partial charge >= 0.3 is 6.18 Å². The molecule has 0 bridgehead atoms. The molecule has 0 aliphatic carbocycles. The predicted octanol–water partition coefficient (Wildman–Crippen LogP) is 1.90. The van der Waals surface area contributed by atoms with Gasteiger partial charge in [0.1, 0.15) is 0 Å². The van der Waals surface area contributed by atoms with Gasteiger partial charge in [0.2, 0.25) is 0 Å². The Bertz CT molecular complexity index is 423. The van der Waals surface area contributed by atoms with Crippen molar-refractivity contribution in [3.63, 3.8) is 0 Å². The monoisotopic (exact) mass is 275 g/mol. The van der Waals surface area contributed by atoms with Crippen molar-refractivity contribution in [2.45, 2.75) is 18.8 Å². The van der Waals surface area contributed by atoms with E-state index in [0.29, 0.717) is 19.7 Å². The fraction of sp³-hybridized carbons (Fsp3) is 0.538. The fourth-order valence-electron chi connectivity index (χ4n) is 2.17. The van der Waals surface area contributed by atoms with Gasteiger partial charge < -0.3 is 9.84 Å². The van der Waals surface area contributed by atoms with E-state index in [0.717, 1.165) is 6.07 Å². The van der Waals surface area contributed by atoms with E-state index in [4.69, 9.17) is 4.74 Å². The van der Waals surface area contributed by atoms with E-state index in [1.54, 1.807) is 11.0 Å². The summed E-state index contributed by atoms with van der Waals surface area (Å²) in [4.78, 5) is 1.78. The molecule has 1 fully saturated rings. The Labute approximate surface area is 109 Å². The molecular weight excluding hydrogens is 259 g/mol. The highest BCUT2D eigenvalue weighted by Gasteiger charge is 2.33. The lowest BCUT2D eigenvalue weighted by Gasteiger charge is -2.23. The minimum atomic E-state index is -4.35. The van der Waals surface area contributed by atoms with Crippen molar-refractivity contribution in [3.8, 4) is 0 Å². The Morgan fingerprint density at radius 3 is 2.79 bits per heavy atom. The predicted molar refractivity (Wildman–Crippen MR) is 63.5 cm³/mol. The van der Waals surface area contributed by atoms with Crippen molar-refractivity contribution in [2.24, 2.45) is 0 Å². The Morgan fingerprint density at radius 2 is 2.05 bits per heavy atom. The van der Waals surface area contributed by atoms with E-state index >= 15 is 0 Å². The molecule has 0 saturated carbocycles. The first-order valence-corrected chi connectivity index (χ1v) is 6.10. The maximum Gasteiger partial charge on any atom is 0.416 e. The Kier molecular flexibility index (Phi) is 4.44. The summed E-state index contributed by atoms with van der Waals surface area (Å²) >= 11 is 0. The van der Waals surface area contributed by atoms with Gasteiger partial charge in [-0.05, 0) is 11.6 Å². The molecule has 1 N–H and O–H groups in total. The topological polar surface area (TPSA) is 32.7 Å². The molecule has 1 aromatic rings. The molecule has 1 heterocycles. The molecule has 1 atom stereocenters. The molecule has 2 rings (SSSR count).